The highest BCUT2D eigenvalue weighted by Gasteiger charge is 2.46. The number of likely N-dealkylation sites (tertiary alicyclic amines) is 1. The Morgan fingerprint density at radius 2 is 2.03 bits per heavy atom. The van der Waals surface area contributed by atoms with Gasteiger partial charge in [-0.2, -0.15) is 0 Å². The van der Waals surface area contributed by atoms with Crippen LogP contribution in [-0.2, 0) is 10.0 Å². The average Bonchev–Trinajstić information content (AvgIpc) is 3.05. The monoisotopic (exact) mass is 468 g/mol. The number of anilines is 1. The number of aromatic nitrogens is 1. The summed E-state index contributed by atoms with van der Waals surface area (Å²) in [5, 5.41) is 0. The van der Waals surface area contributed by atoms with Gasteiger partial charge in [0.25, 0.3) is 10.0 Å². The molecule has 2 aromatic rings. The lowest BCUT2D eigenvalue weighted by Gasteiger charge is -2.44. The number of benzene rings is 1. The lowest BCUT2D eigenvalue weighted by molar-refractivity contribution is 0.0949. The molecule has 1 fully saturated rings. The van der Waals surface area contributed by atoms with Gasteiger partial charge in [-0.1, -0.05) is 25.1 Å². The zero-order valence-corrected chi connectivity index (χ0v) is 20.4. The van der Waals surface area contributed by atoms with Gasteiger partial charge in [0.2, 0.25) is 0 Å². The highest BCUT2D eigenvalue weighted by Crippen LogP contribution is 2.41. The number of allylic oxidation sites excluding steroid dienone is 2. The van der Waals surface area contributed by atoms with E-state index < -0.39 is 16.2 Å². The van der Waals surface area contributed by atoms with Gasteiger partial charge < -0.3 is 10.5 Å². The van der Waals surface area contributed by atoms with Crippen LogP contribution in [0.3, 0.4) is 0 Å². The molecule has 2 atom stereocenters. The molecule has 1 unspecified atom stereocenters. The molecule has 2 aliphatic rings. The Hall–Kier alpha value is -2.84. The molecule has 0 bridgehead atoms. The van der Waals surface area contributed by atoms with E-state index >= 15 is 0 Å². The number of nitrogens with zero attached hydrogens (tertiary/aromatic N) is 3. The Labute approximate surface area is 196 Å². The van der Waals surface area contributed by atoms with Crippen LogP contribution in [0.25, 0.3) is 5.70 Å². The van der Waals surface area contributed by atoms with Crippen LogP contribution in [0.2, 0.25) is 0 Å². The summed E-state index contributed by atoms with van der Waals surface area (Å²) in [6, 6.07) is 10.6. The largest absolute Gasteiger partial charge is 0.494 e. The molecule has 0 aliphatic carbocycles. The van der Waals surface area contributed by atoms with Crippen molar-refractivity contribution in [3.05, 3.63) is 66.4 Å². The zero-order valence-electron chi connectivity index (χ0n) is 19.6. The maximum atomic E-state index is 14.1. The van der Waals surface area contributed by atoms with Gasteiger partial charge in [0.15, 0.2) is 0 Å². The second kappa shape index (κ2) is 8.83. The fourth-order valence-corrected chi connectivity index (χ4v) is 6.66. The summed E-state index contributed by atoms with van der Waals surface area (Å²) in [7, 11) is -4.03. The Balaban J connectivity index is 1.88. The second-order valence-corrected chi connectivity index (χ2v) is 11.1. The third-order valence-electron chi connectivity index (χ3n) is 6.25. The van der Waals surface area contributed by atoms with Crippen LogP contribution < -0.4 is 10.5 Å². The van der Waals surface area contributed by atoms with Crippen LogP contribution in [0.4, 0.5) is 5.82 Å². The molecule has 0 spiro atoms. The number of rotatable bonds is 6. The summed E-state index contributed by atoms with van der Waals surface area (Å²) in [5.74, 6) is 1.13. The van der Waals surface area contributed by atoms with E-state index in [2.05, 4.69) is 30.7 Å². The van der Waals surface area contributed by atoms with Crippen molar-refractivity contribution >= 4 is 21.5 Å². The summed E-state index contributed by atoms with van der Waals surface area (Å²) in [4.78, 5) is 6.30. The highest BCUT2D eigenvalue weighted by molar-refractivity contribution is 7.89. The summed E-state index contributed by atoms with van der Waals surface area (Å²) < 4.78 is 35.4. The smallest absolute Gasteiger partial charge is 0.269 e. The molecule has 0 radical (unpaired) electrons. The minimum atomic E-state index is -4.03. The predicted molar refractivity (Wildman–Crippen MR) is 131 cm³/mol. The Bertz CT molecular complexity index is 1190. The zero-order chi connectivity index (χ0) is 23.8. The van der Waals surface area contributed by atoms with Gasteiger partial charge in [-0.25, -0.2) is 17.7 Å². The molecule has 2 aliphatic heterocycles. The minimum Gasteiger partial charge on any atom is -0.494 e. The van der Waals surface area contributed by atoms with Gasteiger partial charge in [-0.3, -0.25) is 4.90 Å². The van der Waals surface area contributed by atoms with Gasteiger partial charge in [-0.15, -0.1) is 0 Å². The molecule has 2 N–H and O–H groups in total. The van der Waals surface area contributed by atoms with E-state index in [0.29, 0.717) is 24.0 Å². The molecule has 4 rings (SSSR count). The predicted octanol–water partition coefficient (Wildman–Crippen LogP) is 4.11. The third kappa shape index (κ3) is 4.37. The van der Waals surface area contributed by atoms with Crippen molar-refractivity contribution in [2.45, 2.75) is 50.7 Å². The van der Waals surface area contributed by atoms with Crippen LogP contribution in [-0.4, -0.2) is 47.5 Å². The van der Waals surface area contributed by atoms with Gasteiger partial charge in [-0.05, 0) is 69.5 Å². The fourth-order valence-electron chi connectivity index (χ4n) is 4.99. The van der Waals surface area contributed by atoms with Gasteiger partial charge in [0.1, 0.15) is 22.6 Å². The lowest BCUT2D eigenvalue weighted by atomic mass is 9.97. The van der Waals surface area contributed by atoms with E-state index in [0.717, 1.165) is 18.5 Å². The van der Waals surface area contributed by atoms with E-state index in [1.807, 2.05) is 49.4 Å². The van der Waals surface area contributed by atoms with E-state index in [1.54, 1.807) is 6.07 Å². The molecule has 0 amide bonds. The van der Waals surface area contributed by atoms with E-state index in [1.165, 1.54) is 16.6 Å². The molecule has 176 valence electrons. The molecule has 8 heteroatoms. The Morgan fingerprint density at radius 3 is 2.70 bits per heavy atom. The van der Waals surface area contributed by atoms with Crippen LogP contribution in [0.15, 0.2) is 65.7 Å². The molecule has 33 heavy (non-hydrogen) atoms. The number of hydrogen-bond donors (Lipinski definition) is 1. The average molecular weight is 469 g/mol. The SMILES string of the molecule is CCOc1cccc(C2=CC=CC(N3C[C@@H](C)CC3(C)C)N2S(=O)(=O)c2cccnc2N)c1. The maximum absolute atomic E-state index is 14.1. The number of pyridine rings is 1. The highest BCUT2D eigenvalue weighted by atomic mass is 32.2. The number of hydrogen-bond acceptors (Lipinski definition) is 6. The van der Waals surface area contributed by atoms with Crippen LogP contribution in [0, 0.1) is 5.92 Å². The Kier molecular flexibility index (Phi) is 6.24. The molecule has 1 saturated heterocycles. The summed E-state index contributed by atoms with van der Waals surface area (Å²) in [6.07, 6.45) is 7.70. The molecule has 7 nitrogen and oxygen atoms in total. The van der Waals surface area contributed by atoms with Crippen molar-refractivity contribution in [3.63, 3.8) is 0 Å². The van der Waals surface area contributed by atoms with E-state index in [9.17, 15) is 8.42 Å². The molecular formula is C25H32N4O3S. The van der Waals surface area contributed by atoms with Gasteiger partial charge in [0.05, 0.1) is 12.3 Å². The standard InChI is InChI=1S/C25H32N4O3S/c1-5-32-20-10-6-9-19(15-20)21-11-7-13-23(28-17-18(2)16-25(28,3)4)29(21)33(30,31)22-12-8-14-27-24(22)26/h6-15,18,23H,5,16-17H2,1-4H3,(H2,26,27)/t18-,23?/m0/s1. The number of ether oxygens (including phenoxy) is 1. The van der Waals surface area contributed by atoms with Crippen molar-refractivity contribution < 1.29 is 13.2 Å². The van der Waals surface area contributed by atoms with Crippen LogP contribution in [0.5, 0.6) is 5.75 Å². The third-order valence-corrected chi connectivity index (χ3v) is 8.08. The first-order valence-corrected chi connectivity index (χ1v) is 12.7. The van der Waals surface area contributed by atoms with Crippen LogP contribution >= 0.6 is 0 Å². The summed E-state index contributed by atoms with van der Waals surface area (Å²) in [6.45, 7) is 9.78. The normalized spacial score (nSPS) is 22.9. The second-order valence-electron chi connectivity index (χ2n) is 9.27. The van der Waals surface area contributed by atoms with Gasteiger partial charge in [0, 0.05) is 23.8 Å². The fraction of sp³-hybridized carbons (Fsp3) is 0.400. The molecule has 0 saturated carbocycles. The number of nitrogens with two attached hydrogens (primary N) is 1. The topological polar surface area (TPSA) is 88.8 Å². The van der Waals surface area contributed by atoms with Crippen LogP contribution in [0.1, 0.15) is 39.7 Å². The van der Waals surface area contributed by atoms with E-state index in [-0.39, 0.29) is 16.3 Å². The molecule has 3 heterocycles. The van der Waals surface area contributed by atoms with Crippen molar-refractivity contribution in [3.8, 4) is 5.75 Å². The first-order chi connectivity index (χ1) is 15.6. The summed E-state index contributed by atoms with van der Waals surface area (Å²) in [5.41, 5.74) is 7.21. The summed E-state index contributed by atoms with van der Waals surface area (Å²) >= 11 is 0. The minimum absolute atomic E-state index is 0.00205. The van der Waals surface area contributed by atoms with Crippen molar-refractivity contribution in [1.82, 2.24) is 14.2 Å². The molecular weight excluding hydrogens is 436 g/mol. The molecule has 1 aromatic carbocycles. The van der Waals surface area contributed by atoms with Gasteiger partial charge >= 0.3 is 0 Å². The quantitative estimate of drug-likeness (QED) is 0.686. The first kappa shape index (κ1) is 23.3. The number of sulfonamides is 1. The van der Waals surface area contributed by atoms with Crippen molar-refractivity contribution in [2.75, 3.05) is 18.9 Å². The van der Waals surface area contributed by atoms with Crippen molar-refractivity contribution in [2.24, 2.45) is 5.92 Å². The lowest BCUT2D eigenvalue weighted by Crippen LogP contribution is -2.54. The van der Waals surface area contributed by atoms with E-state index in [4.69, 9.17) is 10.5 Å². The maximum Gasteiger partial charge on any atom is 0.269 e. The van der Waals surface area contributed by atoms with Crippen molar-refractivity contribution in [1.29, 1.82) is 0 Å². The first-order valence-electron chi connectivity index (χ1n) is 11.3. The Morgan fingerprint density at radius 1 is 1.24 bits per heavy atom. The number of nitrogen functional groups attached to an aromatic ring is 1. The molecule has 1 aromatic heterocycles.